The van der Waals surface area contributed by atoms with E-state index in [4.69, 9.17) is 9.47 Å². The summed E-state index contributed by atoms with van der Waals surface area (Å²) >= 11 is 0. The molecule has 0 saturated carbocycles. The fourth-order valence-corrected chi connectivity index (χ4v) is 13.4. The molecule has 0 fully saturated rings. The Labute approximate surface area is 430 Å². The van der Waals surface area contributed by atoms with Crippen LogP contribution in [0.1, 0.15) is 69.9 Å². The second-order valence-corrected chi connectivity index (χ2v) is 25.6. The molecule has 0 bridgehead atoms. The van der Waals surface area contributed by atoms with Gasteiger partial charge in [-0.1, -0.05) is 61.9 Å². The summed E-state index contributed by atoms with van der Waals surface area (Å²) in [7, 11) is -21.5. The number of benzene rings is 4. The molecule has 404 valence electrons. The lowest BCUT2D eigenvalue weighted by Crippen LogP contribution is -2.43. The molecule has 74 heavy (non-hydrogen) atoms. The number of rotatable bonds is 24. The van der Waals surface area contributed by atoms with Crippen LogP contribution in [0.3, 0.4) is 0 Å². The molecular weight excluding hydrogens is 1070 g/mol. The predicted molar refractivity (Wildman–Crippen MR) is 276 cm³/mol. The van der Waals surface area contributed by atoms with E-state index in [0.29, 0.717) is 66.1 Å². The van der Waals surface area contributed by atoms with E-state index >= 15 is 0 Å². The molecule has 0 amide bonds. The van der Waals surface area contributed by atoms with E-state index in [-0.39, 0.29) is 67.0 Å². The van der Waals surface area contributed by atoms with Crippen molar-refractivity contribution in [2.24, 2.45) is 0 Å². The Kier molecular flexibility index (Phi) is 17.5. The normalized spacial score (nSPS) is 20.3. The van der Waals surface area contributed by atoms with Gasteiger partial charge < -0.3 is 24.4 Å². The van der Waals surface area contributed by atoms with Crippen LogP contribution in [-0.2, 0) is 75.7 Å². The van der Waals surface area contributed by atoms with Gasteiger partial charge in [0.1, 0.15) is 9.79 Å². The smallest absolute Gasteiger partial charge is 0.303 e. The molecule has 26 heteroatoms. The number of ether oxygens (including phenoxy) is 2. The minimum atomic E-state index is -5.06. The molecular formula is C48H58N2O19S5. The van der Waals surface area contributed by atoms with Gasteiger partial charge >= 0.3 is 5.97 Å². The van der Waals surface area contributed by atoms with Crippen LogP contribution in [0, 0.1) is 0 Å². The lowest BCUT2D eigenvalue weighted by molar-refractivity contribution is -0.137. The Bertz CT molecular complexity index is 3560. The highest BCUT2D eigenvalue weighted by molar-refractivity contribution is 7.87. The molecule has 0 radical (unpaired) electrons. The third kappa shape index (κ3) is 12.6. The van der Waals surface area contributed by atoms with E-state index in [1.807, 2.05) is 29.7 Å². The summed E-state index contributed by atoms with van der Waals surface area (Å²) in [6.45, 7) is 4.36. The number of carboxylic acids is 1. The third-order valence-electron chi connectivity index (χ3n) is 13.5. The number of carbonyl (C=O) groups is 1. The van der Waals surface area contributed by atoms with Gasteiger partial charge in [-0.3, -0.25) is 27.6 Å². The van der Waals surface area contributed by atoms with Crippen LogP contribution in [0.4, 0.5) is 11.4 Å². The second kappa shape index (κ2) is 22.2. The first-order valence-corrected chi connectivity index (χ1v) is 30.3. The van der Waals surface area contributed by atoms with Crippen LogP contribution in [0.25, 0.3) is 21.5 Å². The SMILES string of the molecule is COCCC1(C)C(=CC=CC=CC=CC2N(CCCS(=O)(=O)O)c3ccc4c(S(=O)(=O)O)cc(S(=O)(=O)O)cc4c3C2(C)CCOC)N(CCCCCC(=O)O)c2ccc3c(S(=O)(=O)O)cc(S(=O)(=O)O)cc3c21. The maximum Gasteiger partial charge on any atom is 0.303 e. The molecule has 2 aliphatic rings. The summed E-state index contributed by atoms with van der Waals surface area (Å²) in [5.74, 6) is -1.56. The third-order valence-corrected chi connectivity index (χ3v) is 17.8. The monoisotopic (exact) mass is 1130 g/mol. The number of hydrogen-bond donors (Lipinski definition) is 6. The van der Waals surface area contributed by atoms with Crippen LogP contribution in [0.2, 0.25) is 0 Å². The molecule has 0 aromatic heterocycles. The number of methoxy groups -OCH3 is 2. The van der Waals surface area contributed by atoms with E-state index in [2.05, 4.69) is 0 Å². The number of allylic oxidation sites excluding steroid dienone is 7. The number of anilines is 2. The minimum Gasteiger partial charge on any atom is -0.481 e. The first-order valence-electron chi connectivity index (χ1n) is 22.9. The highest BCUT2D eigenvalue weighted by atomic mass is 32.2. The lowest BCUT2D eigenvalue weighted by atomic mass is 9.74. The van der Waals surface area contributed by atoms with E-state index in [1.54, 1.807) is 48.6 Å². The molecule has 21 nitrogen and oxygen atoms in total. The van der Waals surface area contributed by atoms with Gasteiger partial charge in [0.2, 0.25) is 0 Å². The van der Waals surface area contributed by atoms with E-state index in [9.17, 15) is 74.8 Å². The topological polar surface area (TPSA) is 334 Å². The summed E-state index contributed by atoms with van der Waals surface area (Å²) in [4.78, 5) is 12.0. The molecule has 3 unspecified atom stereocenters. The van der Waals surface area contributed by atoms with Crippen molar-refractivity contribution in [1.29, 1.82) is 0 Å². The number of carboxylic acid groups (broad SMARTS) is 1. The highest BCUT2D eigenvalue weighted by Gasteiger charge is 2.48. The Morgan fingerprint density at radius 1 is 0.608 bits per heavy atom. The van der Waals surface area contributed by atoms with Gasteiger partial charge in [-0.15, -0.1) is 0 Å². The molecule has 4 aromatic rings. The summed E-state index contributed by atoms with van der Waals surface area (Å²) in [6, 6.07) is 8.92. The van der Waals surface area contributed by atoms with Crippen molar-refractivity contribution in [2.45, 2.75) is 95.2 Å². The predicted octanol–water partition coefficient (Wildman–Crippen LogP) is 6.75. The first-order chi connectivity index (χ1) is 34.4. The first kappa shape index (κ1) is 58.2. The molecule has 3 atom stereocenters. The molecule has 0 aliphatic carbocycles. The van der Waals surface area contributed by atoms with Crippen LogP contribution in [-0.4, -0.2) is 128 Å². The number of aliphatic carboxylic acids is 1. The fraction of sp³-hybridized carbons (Fsp3) is 0.396. The van der Waals surface area contributed by atoms with Crippen LogP contribution < -0.4 is 9.80 Å². The summed E-state index contributed by atoms with van der Waals surface area (Å²) in [6.07, 6.45) is 13.9. The van der Waals surface area contributed by atoms with E-state index in [1.165, 1.54) is 26.4 Å². The van der Waals surface area contributed by atoms with Crippen LogP contribution >= 0.6 is 0 Å². The Balaban J connectivity index is 1.46. The van der Waals surface area contributed by atoms with Gasteiger partial charge in [-0.25, -0.2) is 0 Å². The minimum absolute atomic E-state index is 0.00483. The van der Waals surface area contributed by atoms with Crippen LogP contribution in [0.15, 0.2) is 116 Å². The number of nitrogens with zero attached hydrogens (tertiary/aromatic N) is 2. The zero-order valence-corrected chi connectivity index (χ0v) is 44.7. The summed E-state index contributed by atoms with van der Waals surface area (Å²) < 4.78 is 186. The number of fused-ring (bicyclic) bond motifs is 6. The maximum atomic E-state index is 12.7. The molecule has 6 N–H and O–H groups in total. The van der Waals surface area contributed by atoms with Gasteiger partial charge in [0.15, 0.2) is 0 Å². The quantitative estimate of drug-likeness (QED) is 0.0240. The zero-order valence-electron chi connectivity index (χ0n) is 40.6. The van der Waals surface area contributed by atoms with Crippen LogP contribution in [0.5, 0.6) is 0 Å². The maximum absolute atomic E-state index is 12.7. The number of hydrogen-bond acceptors (Lipinski definition) is 15. The Morgan fingerprint density at radius 3 is 1.66 bits per heavy atom. The van der Waals surface area contributed by atoms with Gasteiger partial charge in [0, 0.05) is 85.6 Å². The van der Waals surface area contributed by atoms with Crippen molar-refractivity contribution >= 4 is 89.5 Å². The van der Waals surface area contributed by atoms with Crippen molar-refractivity contribution in [2.75, 3.05) is 56.1 Å². The Morgan fingerprint density at radius 2 is 1.14 bits per heavy atom. The molecule has 4 aromatic carbocycles. The fourth-order valence-electron chi connectivity index (χ4n) is 10.2. The van der Waals surface area contributed by atoms with E-state index in [0.717, 1.165) is 12.1 Å². The van der Waals surface area contributed by atoms with Gasteiger partial charge in [-0.2, -0.15) is 42.1 Å². The van der Waals surface area contributed by atoms with Crippen molar-refractivity contribution in [1.82, 2.24) is 0 Å². The summed E-state index contributed by atoms with van der Waals surface area (Å²) in [5, 5.41) is 9.38. The van der Waals surface area contributed by atoms with Crippen molar-refractivity contribution in [3.63, 3.8) is 0 Å². The summed E-state index contributed by atoms with van der Waals surface area (Å²) in [5.41, 5.74) is 0.479. The molecule has 2 heterocycles. The highest BCUT2D eigenvalue weighted by Crippen LogP contribution is 2.55. The van der Waals surface area contributed by atoms with Gasteiger partial charge in [0.25, 0.3) is 50.6 Å². The molecule has 2 aliphatic heterocycles. The Hall–Kier alpha value is -5.10. The second-order valence-electron chi connectivity index (χ2n) is 18.4. The van der Waals surface area contributed by atoms with E-state index < -0.39 is 98.8 Å². The largest absolute Gasteiger partial charge is 0.481 e. The standard InChI is InChI=1S/C48H58N2O19S5/c1-47(21-25-68-3)42(49(23-12-8-11-16-44(51)52)38-19-17-34-36(45(38)47)28-32(71(56,57)58)30-40(34)73(62,63)64)14-9-6-5-7-10-15-43-48(2,22-26-69-4)46-37-29-33(72(59,60)61)31-41(74(65,66)67)35(37)18-20-39(46)50(43)24-13-27-70(53,54)55/h5-7,9-10,14-15,17-20,28-31,43H,8,11-13,16,21-27H2,1-4H3,(H,51,52)(H,53,54,55)(H,56,57,58)(H,59,60,61)(H,62,63,64)(H,65,66,67). The molecule has 0 spiro atoms. The average molecular weight is 1130 g/mol. The van der Waals surface area contributed by atoms with Crippen molar-refractivity contribution in [3.8, 4) is 0 Å². The molecule has 0 saturated heterocycles. The lowest BCUT2D eigenvalue weighted by Gasteiger charge is -2.35. The number of unbranched alkanes of at least 4 members (excludes halogenated alkanes) is 2. The van der Waals surface area contributed by atoms with Gasteiger partial charge in [0.05, 0.1) is 21.6 Å². The molecule has 6 rings (SSSR count). The van der Waals surface area contributed by atoms with Gasteiger partial charge in [-0.05, 0) is 103 Å². The van der Waals surface area contributed by atoms with Crippen molar-refractivity contribution in [3.05, 3.63) is 108 Å². The van der Waals surface area contributed by atoms with Crippen molar-refractivity contribution < 1.29 is 84.2 Å². The zero-order chi connectivity index (χ0) is 54.8. The average Bonchev–Trinajstić information content (AvgIpc) is 3.67.